The molecule has 1 heterocycles. The van der Waals surface area contributed by atoms with Crippen molar-refractivity contribution in [3.05, 3.63) is 23.3 Å². The van der Waals surface area contributed by atoms with Crippen molar-refractivity contribution in [2.45, 2.75) is 77.4 Å². The molecule has 0 aromatic carbocycles. The Balaban J connectivity index is 2.22. The molecule has 1 saturated heterocycles. The molecule has 0 spiro atoms. The van der Waals surface area contributed by atoms with Gasteiger partial charge >= 0.3 is 5.97 Å². The molecule has 1 aliphatic carbocycles. The second-order valence-corrected chi connectivity index (χ2v) is 7.74. The van der Waals surface area contributed by atoms with Gasteiger partial charge in [-0.2, -0.15) is 0 Å². The van der Waals surface area contributed by atoms with Gasteiger partial charge in [-0.05, 0) is 77.2 Å². The van der Waals surface area contributed by atoms with E-state index in [0.29, 0.717) is 18.8 Å². The van der Waals surface area contributed by atoms with E-state index in [4.69, 9.17) is 4.74 Å². The Labute approximate surface area is 145 Å². The molecule has 4 heteroatoms. The van der Waals surface area contributed by atoms with Crippen molar-refractivity contribution in [2.24, 2.45) is 11.8 Å². The zero-order chi connectivity index (χ0) is 17.7. The van der Waals surface area contributed by atoms with Crippen LogP contribution in [0.1, 0.15) is 65.7 Å². The number of rotatable bonds is 2. The van der Waals surface area contributed by atoms with E-state index in [0.717, 1.165) is 44.0 Å². The van der Waals surface area contributed by atoms with Gasteiger partial charge in [0.15, 0.2) is 0 Å². The van der Waals surface area contributed by atoms with Crippen LogP contribution in [0.2, 0.25) is 0 Å². The highest BCUT2D eigenvalue weighted by Crippen LogP contribution is 2.42. The van der Waals surface area contributed by atoms with E-state index in [1.807, 2.05) is 6.08 Å². The number of hydrogen-bond acceptors (Lipinski definition) is 3. The zero-order valence-electron chi connectivity index (χ0n) is 15.1. The predicted molar refractivity (Wildman–Crippen MR) is 93.8 cm³/mol. The van der Waals surface area contributed by atoms with E-state index in [2.05, 4.69) is 26.8 Å². The topological polar surface area (TPSA) is 63.6 Å². The van der Waals surface area contributed by atoms with Gasteiger partial charge in [0.2, 0.25) is 0 Å². The summed E-state index contributed by atoms with van der Waals surface area (Å²) < 4.78 is 6.16. The minimum absolute atomic E-state index is 0.234. The van der Waals surface area contributed by atoms with Crippen LogP contribution in [0.15, 0.2) is 23.3 Å². The number of carbonyl (C=O) groups is 2. The summed E-state index contributed by atoms with van der Waals surface area (Å²) in [4.78, 5) is 22.9. The maximum Gasteiger partial charge on any atom is 0.309 e. The third kappa shape index (κ3) is 4.79. The molecule has 0 unspecified atom stereocenters. The maximum absolute atomic E-state index is 11.7. The molecule has 0 radical (unpaired) electrons. The van der Waals surface area contributed by atoms with Gasteiger partial charge in [-0.1, -0.05) is 17.7 Å². The smallest absolute Gasteiger partial charge is 0.309 e. The second kappa shape index (κ2) is 8.11. The monoisotopic (exact) mass is 334 g/mol. The van der Waals surface area contributed by atoms with Crippen molar-refractivity contribution in [3.63, 3.8) is 0 Å². The van der Waals surface area contributed by atoms with Gasteiger partial charge in [-0.25, -0.2) is 0 Å². The minimum atomic E-state index is -0.791. The summed E-state index contributed by atoms with van der Waals surface area (Å²) in [6.45, 7) is 6.30. The highest BCUT2D eigenvalue weighted by molar-refractivity contribution is 5.73. The number of hydrogen-bond donors (Lipinski definition) is 1. The molecule has 1 aliphatic heterocycles. The molecule has 1 N–H and O–H groups in total. The molecular formula is C20H30O4. The number of ether oxygens (including phenoxy) is 1. The lowest BCUT2D eigenvalue weighted by Crippen LogP contribution is -2.31. The number of fused-ring (bicyclic) bond motifs is 2. The molecule has 24 heavy (non-hydrogen) atoms. The first-order valence-corrected chi connectivity index (χ1v) is 9.04. The summed E-state index contributed by atoms with van der Waals surface area (Å²) >= 11 is 0. The fourth-order valence-corrected chi connectivity index (χ4v) is 3.93. The Hall–Kier alpha value is -1.42. The molecule has 2 bridgehead atoms. The summed E-state index contributed by atoms with van der Waals surface area (Å²) in [6, 6.07) is 0. The van der Waals surface area contributed by atoms with Crippen molar-refractivity contribution in [2.75, 3.05) is 0 Å². The summed E-state index contributed by atoms with van der Waals surface area (Å²) in [5, 5.41) is 9.62. The van der Waals surface area contributed by atoms with Crippen molar-refractivity contribution in [1.82, 2.24) is 0 Å². The van der Waals surface area contributed by atoms with Crippen LogP contribution >= 0.6 is 0 Å². The van der Waals surface area contributed by atoms with Crippen LogP contribution in [0.4, 0.5) is 0 Å². The Morgan fingerprint density at radius 3 is 2.67 bits per heavy atom. The van der Waals surface area contributed by atoms with Crippen molar-refractivity contribution >= 4 is 12.3 Å². The van der Waals surface area contributed by atoms with Gasteiger partial charge in [-0.15, -0.1) is 0 Å². The third-order valence-electron chi connectivity index (χ3n) is 5.57. The summed E-state index contributed by atoms with van der Waals surface area (Å²) in [5.41, 5.74) is 1.83. The molecule has 2 rings (SSSR count). The van der Waals surface area contributed by atoms with E-state index in [9.17, 15) is 14.7 Å². The summed E-state index contributed by atoms with van der Waals surface area (Å²) in [7, 11) is 0. The van der Waals surface area contributed by atoms with Gasteiger partial charge in [0, 0.05) is 0 Å². The lowest BCUT2D eigenvalue weighted by molar-refractivity contribution is -0.149. The number of carboxylic acid groups (broad SMARTS) is 1. The first-order chi connectivity index (χ1) is 11.3. The highest BCUT2D eigenvalue weighted by atomic mass is 16.5. The third-order valence-corrected chi connectivity index (χ3v) is 5.57. The van der Waals surface area contributed by atoms with E-state index < -0.39 is 11.9 Å². The van der Waals surface area contributed by atoms with Crippen molar-refractivity contribution in [3.8, 4) is 0 Å². The van der Waals surface area contributed by atoms with E-state index in [1.54, 1.807) is 0 Å². The number of carbonyl (C=O) groups excluding carboxylic acids is 1. The molecular weight excluding hydrogens is 304 g/mol. The second-order valence-electron chi connectivity index (χ2n) is 7.74. The Morgan fingerprint density at radius 1 is 1.25 bits per heavy atom. The highest BCUT2D eigenvalue weighted by Gasteiger charge is 2.45. The normalized spacial score (nSPS) is 35.9. The van der Waals surface area contributed by atoms with Crippen LogP contribution in [0.3, 0.4) is 0 Å². The number of allylic oxidation sites excluding steroid dienone is 4. The molecule has 3 atom stereocenters. The number of carboxylic acids is 1. The SMILES string of the molecule is C/C1=C/CC/C(C=O)=C\CC[C@H](C(=O)O)[C@H]2C[C@@H](CC1)C(C)(C)O2. The summed E-state index contributed by atoms with van der Waals surface area (Å²) in [6.07, 6.45) is 10.3. The fourth-order valence-electron chi connectivity index (χ4n) is 3.93. The Bertz CT molecular complexity index is 530. The first-order valence-electron chi connectivity index (χ1n) is 9.04. The van der Waals surface area contributed by atoms with Crippen LogP contribution in [-0.4, -0.2) is 29.1 Å². The van der Waals surface area contributed by atoms with E-state index in [-0.39, 0.29) is 11.7 Å². The minimum Gasteiger partial charge on any atom is -0.481 e. The molecule has 0 aromatic heterocycles. The van der Waals surface area contributed by atoms with Gasteiger partial charge in [-0.3, -0.25) is 9.59 Å². The standard InChI is InChI=1S/C20H30O4/c1-14-6-4-7-15(13-21)8-5-9-17(19(22)23)18-12-16(11-10-14)20(2,3)24-18/h6,8,13,16-18H,4-5,7,9-12H2,1-3H3,(H,22,23)/b14-6-,15-8+/t16-,17+,18-/m1/s1. The first kappa shape index (κ1) is 18.9. The molecule has 0 saturated carbocycles. The van der Waals surface area contributed by atoms with Crippen LogP contribution < -0.4 is 0 Å². The van der Waals surface area contributed by atoms with Gasteiger partial charge in [0.1, 0.15) is 6.29 Å². The maximum atomic E-state index is 11.7. The van der Waals surface area contributed by atoms with E-state index >= 15 is 0 Å². The molecule has 0 aromatic rings. The quantitative estimate of drug-likeness (QED) is 0.604. The molecule has 0 amide bonds. The number of aldehydes is 1. The van der Waals surface area contributed by atoms with E-state index in [1.165, 1.54) is 5.57 Å². The van der Waals surface area contributed by atoms with Gasteiger partial charge < -0.3 is 9.84 Å². The fraction of sp³-hybridized carbons (Fsp3) is 0.700. The molecule has 2 aliphatic rings. The Kier molecular flexibility index (Phi) is 6.39. The van der Waals surface area contributed by atoms with Gasteiger partial charge in [0.25, 0.3) is 0 Å². The van der Waals surface area contributed by atoms with Crippen LogP contribution in [0.25, 0.3) is 0 Å². The molecule has 4 nitrogen and oxygen atoms in total. The average Bonchev–Trinajstić information content (AvgIpc) is 2.80. The largest absolute Gasteiger partial charge is 0.481 e. The average molecular weight is 334 g/mol. The summed E-state index contributed by atoms with van der Waals surface area (Å²) in [5.74, 6) is -0.907. The van der Waals surface area contributed by atoms with Crippen molar-refractivity contribution < 1.29 is 19.4 Å². The molecule has 1 fully saturated rings. The lowest BCUT2D eigenvalue weighted by Gasteiger charge is -2.27. The Morgan fingerprint density at radius 2 is 2.00 bits per heavy atom. The van der Waals surface area contributed by atoms with Gasteiger partial charge in [0.05, 0.1) is 17.6 Å². The zero-order valence-corrected chi connectivity index (χ0v) is 15.1. The molecule has 134 valence electrons. The van der Waals surface area contributed by atoms with Crippen LogP contribution in [0.5, 0.6) is 0 Å². The van der Waals surface area contributed by atoms with Crippen LogP contribution in [0, 0.1) is 11.8 Å². The lowest BCUT2D eigenvalue weighted by atomic mass is 9.82. The van der Waals surface area contributed by atoms with Crippen molar-refractivity contribution in [1.29, 1.82) is 0 Å². The number of aliphatic carboxylic acids is 1. The van der Waals surface area contributed by atoms with Crippen LogP contribution in [-0.2, 0) is 14.3 Å². The predicted octanol–water partition coefficient (Wildman–Crippen LogP) is 4.30.